The van der Waals surface area contributed by atoms with Crippen LogP contribution in [0.5, 0.6) is 0 Å². The first-order chi connectivity index (χ1) is 10.1. The number of aliphatic hydroxyl groups is 1. The standard InChI is InChI=1S/C16H26FNO3/c1-4-20-10-8-18(9-11-21-5-2)16-7-6-14(17)12-15(16)13(3)19/h6-7,12-13,19H,4-5,8-11H2,1-3H3/t13-/m1/s1. The fourth-order valence-electron chi connectivity index (χ4n) is 2.14. The molecule has 1 rings (SSSR count). The van der Waals surface area contributed by atoms with Crippen molar-refractivity contribution in [1.29, 1.82) is 0 Å². The van der Waals surface area contributed by atoms with Crippen molar-refractivity contribution < 1.29 is 19.0 Å². The molecule has 0 bridgehead atoms. The minimum atomic E-state index is -0.725. The first-order valence-electron chi connectivity index (χ1n) is 7.48. The van der Waals surface area contributed by atoms with E-state index in [-0.39, 0.29) is 5.82 Å². The van der Waals surface area contributed by atoms with E-state index in [4.69, 9.17) is 9.47 Å². The van der Waals surface area contributed by atoms with Crippen molar-refractivity contribution in [1.82, 2.24) is 0 Å². The zero-order chi connectivity index (χ0) is 15.7. The quantitative estimate of drug-likeness (QED) is 0.675. The third-order valence-corrected chi connectivity index (χ3v) is 3.20. The van der Waals surface area contributed by atoms with E-state index in [1.165, 1.54) is 12.1 Å². The molecule has 1 atom stereocenters. The molecule has 0 aromatic heterocycles. The van der Waals surface area contributed by atoms with Gasteiger partial charge < -0.3 is 19.5 Å². The Morgan fingerprint density at radius 2 is 1.71 bits per heavy atom. The average molecular weight is 299 g/mol. The molecule has 0 aliphatic rings. The SMILES string of the molecule is CCOCCN(CCOCC)c1ccc(F)cc1[C@@H](C)O. The van der Waals surface area contributed by atoms with E-state index in [9.17, 15) is 9.50 Å². The molecule has 5 heteroatoms. The van der Waals surface area contributed by atoms with Crippen LogP contribution in [-0.4, -0.2) is 44.6 Å². The summed E-state index contributed by atoms with van der Waals surface area (Å²) in [7, 11) is 0. The smallest absolute Gasteiger partial charge is 0.123 e. The Kier molecular flexibility index (Phi) is 8.27. The van der Waals surface area contributed by atoms with Gasteiger partial charge in [-0.1, -0.05) is 0 Å². The molecule has 4 nitrogen and oxygen atoms in total. The summed E-state index contributed by atoms with van der Waals surface area (Å²) >= 11 is 0. The number of halogens is 1. The molecule has 0 spiro atoms. The predicted molar refractivity (Wildman–Crippen MR) is 82.2 cm³/mol. The maximum absolute atomic E-state index is 13.4. The molecular weight excluding hydrogens is 273 g/mol. The van der Waals surface area contributed by atoms with Crippen LogP contribution in [0.25, 0.3) is 0 Å². The van der Waals surface area contributed by atoms with Crippen LogP contribution in [0.4, 0.5) is 10.1 Å². The zero-order valence-electron chi connectivity index (χ0n) is 13.1. The Morgan fingerprint density at radius 3 is 2.19 bits per heavy atom. The highest BCUT2D eigenvalue weighted by Gasteiger charge is 2.15. The van der Waals surface area contributed by atoms with Crippen LogP contribution in [-0.2, 0) is 9.47 Å². The lowest BCUT2D eigenvalue weighted by atomic mass is 10.1. The summed E-state index contributed by atoms with van der Waals surface area (Å²) in [5.74, 6) is -0.343. The van der Waals surface area contributed by atoms with Crippen LogP contribution in [0.2, 0.25) is 0 Å². The van der Waals surface area contributed by atoms with E-state index in [0.29, 0.717) is 45.1 Å². The highest BCUT2D eigenvalue weighted by molar-refractivity contribution is 5.54. The number of rotatable bonds is 10. The van der Waals surface area contributed by atoms with Gasteiger partial charge in [-0.2, -0.15) is 0 Å². The molecule has 21 heavy (non-hydrogen) atoms. The minimum absolute atomic E-state index is 0.343. The molecule has 0 radical (unpaired) electrons. The van der Waals surface area contributed by atoms with Crippen molar-refractivity contribution in [3.05, 3.63) is 29.6 Å². The van der Waals surface area contributed by atoms with E-state index >= 15 is 0 Å². The second-order valence-electron chi connectivity index (χ2n) is 4.76. The van der Waals surface area contributed by atoms with Crippen LogP contribution < -0.4 is 4.90 Å². The van der Waals surface area contributed by atoms with Crippen molar-refractivity contribution in [3.63, 3.8) is 0 Å². The van der Waals surface area contributed by atoms with E-state index < -0.39 is 6.10 Å². The van der Waals surface area contributed by atoms with Gasteiger partial charge in [0.1, 0.15) is 5.82 Å². The number of aliphatic hydroxyl groups excluding tert-OH is 1. The molecule has 0 saturated carbocycles. The molecular formula is C16H26FNO3. The van der Waals surface area contributed by atoms with Gasteiger partial charge in [-0.3, -0.25) is 0 Å². The van der Waals surface area contributed by atoms with Gasteiger partial charge in [0, 0.05) is 37.6 Å². The van der Waals surface area contributed by atoms with Crippen LogP contribution in [0, 0.1) is 5.82 Å². The molecule has 1 N–H and O–H groups in total. The van der Waals surface area contributed by atoms with Crippen molar-refractivity contribution in [3.8, 4) is 0 Å². The van der Waals surface area contributed by atoms with Gasteiger partial charge >= 0.3 is 0 Å². The van der Waals surface area contributed by atoms with E-state index in [1.807, 2.05) is 13.8 Å². The normalized spacial score (nSPS) is 12.4. The third-order valence-electron chi connectivity index (χ3n) is 3.20. The Morgan fingerprint density at radius 1 is 1.14 bits per heavy atom. The van der Waals surface area contributed by atoms with E-state index in [1.54, 1.807) is 13.0 Å². The predicted octanol–water partition coefficient (Wildman–Crippen LogP) is 2.76. The van der Waals surface area contributed by atoms with Gasteiger partial charge in [0.05, 0.1) is 19.3 Å². The Bertz CT molecular complexity index is 403. The monoisotopic (exact) mass is 299 g/mol. The van der Waals surface area contributed by atoms with Gasteiger partial charge in [0.15, 0.2) is 0 Å². The van der Waals surface area contributed by atoms with Crippen LogP contribution in [0.15, 0.2) is 18.2 Å². The molecule has 1 aromatic carbocycles. The lowest BCUT2D eigenvalue weighted by Crippen LogP contribution is -2.32. The zero-order valence-corrected chi connectivity index (χ0v) is 13.1. The van der Waals surface area contributed by atoms with Gasteiger partial charge in [-0.25, -0.2) is 4.39 Å². The molecule has 0 fully saturated rings. The number of nitrogens with zero attached hydrogens (tertiary/aromatic N) is 1. The molecule has 0 aliphatic carbocycles. The topological polar surface area (TPSA) is 41.9 Å². The van der Waals surface area contributed by atoms with Crippen molar-refractivity contribution in [2.24, 2.45) is 0 Å². The number of hydrogen-bond acceptors (Lipinski definition) is 4. The van der Waals surface area contributed by atoms with E-state index in [2.05, 4.69) is 4.90 Å². The van der Waals surface area contributed by atoms with Crippen LogP contribution in [0.1, 0.15) is 32.4 Å². The summed E-state index contributed by atoms with van der Waals surface area (Å²) in [6.45, 7) is 9.36. The summed E-state index contributed by atoms with van der Waals surface area (Å²) < 4.78 is 24.2. The maximum Gasteiger partial charge on any atom is 0.123 e. The second-order valence-corrected chi connectivity index (χ2v) is 4.76. The van der Waals surface area contributed by atoms with Crippen molar-refractivity contribution in [2.75, 3.05) is 44.4 Å². The van der Waals surface area contributed by atoms with Gasteiger partial charge in [-0.15, -0.1) is 0 Å². The third kappa shape index (κ3) is 5.99. The molecule has 1 aromatic rings. The molecule has 0 aliphatic heterocycles. The number of ether oxygens (including phenoxy) is 2. The largest absolute Gasteiger partial charge is 0.389 e. The van der Waals surface area contributed by atoms with Crippen LogP contribution >= 0.6 is 0 Å². The van der Waals surface area contributed by atoms with Gasteiger partial charge in [0.2, 0.25) is 0 Å². The molecule has 0 heterocycles. The molecule has 120 valence electrons. The van der Waals surface area contributed by atoms with Crippen molar-refractivity contribution >= 4 is 5.69 Å². The Balaban J connectivity index is 2.89. The molecule has 0 unspecified atom stereocenters. The average Bonchev–Trinajstić information content (AvgIpc) is 2.46. The highest BCUT2D eigenvalue weighted by Crippen LogP contribution is 2.27. The highest BCUT2D eigenvalue weighted by atomic mass is 19.1. The van der Waals surface area contributed by atoms with Crippen LogP contribution in [0.3, 0.4) is 0 Å². The fraction of sp³-hybridized carbons (Fsp3) is 0.625. The number of anilines is 1. The molecule has 0 saturated heterocycles. The van der Waals surface area contributed by atoms with Gasteiger partial charge in [0.25, 0.3) is 0 Å². The molecule has 0 amide bonds. The lowest BCUT2D eigenvalue weighted by molar-refractivity contribution is 0.141. The summed E-state index contributed by atoms with van der Waals surface area (Å²) in [6, 6.07) is 4.50. The first kappa shape index (κ1) is 17.9. The Labute approximate surface area is 126 Å². The number of benzene rings is 1. The second kappa shape index (κ2) is 9.71. The summed E-state index contributed by atoms with van der Waals surface area (Å²) in [4.78, 5) is 2.06. The Hall–Kier alpha value is -1.17. The summed E-state index contributed by atoms with van der Waals surface area (Å²) in [6.07, 6.45) is -0.725. The lowest BCUT2D eigenvalue weighted by Gasteiger charge is -2.28. The first-order valence-corrected chi connectivity index (χ1v) is 7.48. The van der Waals surface area contributed by atoms with Crippen molar-refractivity contribution in [2.45, 2.75) is 26.9 Å². The number of hydrogen-bond donors (Lipinski definition) is 1. The van der Waals surface area contributed by atoms with Gasteiger partial charge in [-0.05, 0) is 39.0 Å². The summed E-state index contributed by atoms with van der Waals surface area (Å²) in [5.41, 5.74) is 1.41. The van der Waals surface area contributed by atoms with E-state index in [0.717, 1.165) is 5.69 Å². The summed E-state index contributed by atoms with van der Waals surface area (Å²) in [5, 5.41) is 9.87. The maximum atomic E-state index is 13.4. The fourth-order valence-corrected chi connectivity index (χ4v) is 2.14. The minimum Gasteiger partial charge on any atom is -0.389 e.